The quantitative estimate of drug-likeness (QED) is 0.264. The van der Waals surface area contributed by atoms with Crippen molar-refractivity contribution >= 4 is 35.9 Å². The summed E-state index contributed by atoms with van der Waals surface area (Å²) in [5.74, 6) is 0.408. The number of hydrogen-bond donors (Lipinski definition) is 1. The molecule has 1 unspecified atom stereocenters. The molecule has 0 aliphatic carbocycles. The average molecular weight is 529 g/mol. The summed E-state index contributed by atoms with van der Waals surface area (Å²) in [7, 11) is 1.65. The number of rotatable bonds is 6. The number of halogens is 4. The van der Waals surface area contributed by atoms with Gasteiger partial charge in [-0.3, -0.25) is 9.79 Å². The highest BCUT2D eigenvalue weighted by Crippen LogP contribution is 2.20. The number of likely N-dealkylation sites (tertiary alicyclic amines) is 1. The zero-order valence-corrected chi connectivity index (χ0v) is 18.8. The van der Waals surface area contributed by atoms with Gasteiger partial charge >= 0.3 is 12.1 Å². The van der Waals surface area contributed by atoms with Crippen molar-refractivity contribution < 1.29 is 27.4 Å². The Morgan fingerprint density at radius 3 is 2.79 bits per heavy atom. The van der Waals surface area contributed by atoms with Gasteiger partial charge in [-0.25, -0.2) is 0 Å². The van der Waals surface area contributed by atoms with Crippen LogP contribution in [-0.4, -0.2) is 56.4 Å². The van der Waals surface area contributed by atoms with Crippen LogP contribution in [0.25, 0.3) is 0 Å². The number of ether oxygens (including phenoxy) is 2. The number of benzene rings is 1. The van der Waals surface area contributed by atoms with E-state index < -0.39 is 12.8 Å². The van der Waals surface area contributed by atoms with Crippen LogP contribution in [0.15, 0.2) is 29.3 Å². The van der Waals surface area contributed by atoms with E-state index in [9.17, 15) is 18.0 Å². The predicted octanol–water partition coefficient (Wildman–Crippen LogP) is 3.60. The topological polar surface area (TPSA) is 63.2 Å². The van der Waals surface area contributed by atoms with E-state index >= 15 is 0 Å². The van der Waals surface area contributed by atoms with Crippen molar-refractivity contribution in [2.45, 2.75) is 32.5 Å². The van der Waals surface area contributed by atoms with Crippen LogP contribution in [0.4, 0.5) is 13.2 Å². The third-order valence-electron chi connectivity index (χ3n) is 4.30. The molecule has 29 heavy (non-hydrogen) atoms. The van der Waals surface area contributed by atoms with E-state index in [1.807, 2.05) is 4.90 Å². The summed E-state index contributed by atoms with van der Waals surface area (Å²) in [6.45, 7) is 2.48. The molecule has 1 heterocycles. The highest BCUT2D eigenvalue weighted by Gasteiger charge is 2.29. The Balaban J connectivity index is 0.00000420. The summed E-state index contributed by atoms with van der Waals surface area (Å²) in [6.07, 6.45) is -2.74. The predicted molar refractivity (Wildman–Crippen MR) is 115 cm³/mol. The molecule has 0 bridgehead atoms. The van der Waals surface area contributed by atoms with Gasteiger partial charge in [-0.15, -0.1) is 24.0 Å². The van der Waals surface area contributed by atoms with E-state index in [2.05, 4.69) is 10.3 Å². The molecule has 0 radical (unpaired) electrons. The minimum absolute atomic E-state index is 0. The van der Waals surface area contributed by atoms with Crippen LogP contribution in [0.2, 0.25) is 0 Å². The van der Waals surface area contributed by atoms with Crippen LogP contribution in [0.3, 0.4) is 0 Å². The highest BCUT2D eigenvalue weighted by molar-refractivity contribution is 14.0. The van der Waals surface area contributed by atoms with Crippen LogP contribution in [0.5, 0.6) is 5.75 Å². The Morgan fingerprint density at radius 1 is 1.38 bits per heavy atom. The van der Waals surface area contributed by atoms with Crippen molar-refractivity contribution in [1.82, 2.24) is 10.2 Å². The molecule has 0 spiro atoms. The molecule has 6 nitrogen and oxygen atoms in total. The van der Waals surface area contributed by atoms with Crippen LogP contribution >= 0.6 is 24.0 Å². The number of aliphatic imine (C=N–C) groups is 1. The Labute approximate surface area is 185 Å². The van der Waals surface area contributed by atoms with E-state index in [-0.39, 0.29) is 41.6 Å². The first kappa shape index (κ1) is 25.3. The van der Waals surface area contributed by atoms with Gasteiger partial charge in [0.2, 0.25) is 0 Å². The fraction of sp³-hybridized carbons (Fsp3) is 0.579. The zero-order valence-electron chi connectivity index (χ0n) is 16.5. The molecule has 0 amide bonds. The van der Waals surface area contributed by atoms with Gasteiger partial charge in [-0.1, -0.05) is 12.1 Å². The second kappa shape index (κ2) is 12.1. The molecule has 1 fully saturated rings. The molecule has 0 saturated carbocycles. The molecule has 1 aromatic carbocycles. The van der Waals surface area contributed by atoms with Gasteiger partial charge in [-0.2, -0.15) is 13.2 Å². The lowest BCUT2D eigenvalue weighted by atomic mass is 9.98. The maximum Gasteiger partial charge on any atom is 0.422 e. The highest BCUT2D eigenvalue weighted by atomic mass is 127. The van der Waals surface area contributed by atoms with E-state index in [0.717, 1.165) is 24.9 Å². The Bertz CT molecular complexity index is 686. The first-order chi connectivity index (χ1) is 13.3. The minimum Gasteiger partial charge on any atom is -0.484 e. The van der Waals surface area contributed by atoms with E-state index in [0.29, 0.717) is 25.7 Å². The van der Waals surface area contributed by atoms with Crippen molar-refractivity contribution in [3.8, 4) is 5.75 Å². The average Bonchev–Trinajstić information content (AvgIpc) is 2.67. The molecule has 2 rings (SSSR count). The molecule has 1 aromatic rings. The lowest BCUT2D eigenvalue weighted by Gasteiger charge is -2.34. The van der Waals surface area contributed by atoms with E-state index in [1.165, 1.54) is 6.07 Å². The summed E-state index contributed by atoms with van der Waals surface area (Å²) >= 11 is 0. The number of piperidine rings is 1. The SMILES string of the molecule is CCOC(=O)C1CCCN(C(=NC)NCc2cccc(OCC(F)(F)F)c2)C1.I. The summed E-state index contributed by atoms with van der Waals surface area (Å²) < 4.78 is 46.8. The summed E-state index contributed by atoms with van der Waals surface area (Å²) in [4.78, 5) is 18.3. The number of nitrogens with zero attached hydrogens (tertiary/aromatic N) is 2. The van der Waals surface area contributed by atoms with Crippen LogP contribution in [0, 0.1) is 5.92 Å². The van der Waals surface area contributed by atoms with Gasteiger partial charge in [0.15, 0.2) is 12.6 Å². The largest absolute Gasteiger partial charge is 0.484 e. The number of guanidine groups is 1. The first-order valence-electron chi connectivity index (χ1n) is 9.23. The summed E-state index contributed by atoms with van der Waals surface area (Å²) in [6, 6.07) is 6.48. The third-order valence-corrected chi connectivity index (χ3v) is 4.30. The van der Waals surface area contributed by atoms with Crippen LogP contribution in [0.1, 0.15) is 25.3 Å². The molecule has 0 aromatic heterocycles. The number of nitrogens with one attached hydrogen (secondary N) is 1. The smallest absolute Gasteiger partial charge is 0.422 e. The molecular weight excluding hydrogens is 502 g/mol. The minimum atomic E-state index is -4.37. The van der Waals surface area contributed by atoms with Crippen molar-refractivity contribution in [2.24, 2.45) is 10.9 Å². The number of carbonyl (C=O) groups excluding carboxylic acids is 1. The Hall–Kier alpha value is -1.72. The van der Waals surface area contributed by atoms with Crippen LogP contribution in [-0.2, 0) is 16.1 Å². The zero-order chi connectivity index (χ0) is 20.6. The molecule has 10 heteroatoms. The van der Waals surface area contributed by atoms with Gasteiger partial charge < -0.3 is 19.7 Å². The van der Waals surface area contributed by atoms with E-state index in [1.54, 1.807) is 32.2 Å². The molecule has 1 aliphatic heterocycles. The van der Waals surface area contributed by atoms with Gasteiger partial charge in [0, 0.05) is 26.7 Å². The summed E-state index contributed by atoms with van der Waals surface area (Å²) in [5.41, 5.74) is 0.764. The second-order valence-electron chi connectivity index (χ2n) is 6.49. The fourth-order valence-electron chi connectivity index (χ4n) is 3.05. The number of alkyl halides is 3. The first-order valence-corrected chi connectivity index (χ1v) is 9.23. The van der Waals surface area contributed by atoms with Crippen LogP contribution < -0.4 is 10.1 Å². The van der Waals surface area contributed by atoms with Crippen molar-refractivity contribution in [3.05, 3.63) is 29.8 Å². The third kappa shape index (κ3) is 8.67. The molecule has 1 N–H and O–H groups in total. The molecule has 1 aliphatic rings. The Morgan fingerprint density at radius 2 is 2.14 bits per heavy atom. The molecule has 1 saturated heterocycles. The second-order valence-corrected chi connectivity index (χ2v) is 6.49. The van der Waals surface area contributed by atoms with Gasteiger partial charge in [0.25, 0.3) is 0 Å². The number of carbonyl (C=O) groups is 1. The normalized spacial score (nSPS) is 17.3. The monoisotopic (exact) mass is 529 g/mol. The van der Waals surface area contributed by atoms with Crippen molar-refractivity contribution in [2.75, 3.05) is 33.4 Å². The van der Waals surface area contributed by atoms with E-state index in [4.69, 9.17) is 9.47 Å². The maximum atomic E-state index is 12.3. The van der Waals surface area contributed by atoms with Crippen molar-refractivity contribution in [3.63, 3.8) is 0 Å². The lowest BCUT2D eigenvalue weighted by molar-refractivity contribution is -0.153. The standard InChI is InChI=1S/C19H26F3N3O3.HI/c1-3-27-17(26)15-7-5-9-25(12-15)18(23-2)24-11-14-6-4-8-16(10-14)28-13-19(20,21)22;/h4,6,8,10,15H,3,5,7,9,11-13H2,1-2H3,(H,23,24);1H. The number of hydrogen-bond acceptors (Lipinski definition) is 4. The number of esters is 1. The van der Waals surface area contributed by atoms with Gasteiger partial charge in [0.05, 0.1) is 12.5 Å². The summed E-state index contributed by atoms with van der Waals surface area (Å²) in [5, 5.41) is 3.19. The molecule has 1 atom stereocenters. The van der Waals surface area contributed by atoms with Gasteiger partial charge in [0.1, 0.15) is 5.75 Å². The van der Waals surface area contributed by atoms with Crippen molar-refractivity contribution in [1.29, 1.82) is 0 Å². The van der Waals surface area contributed by atoms with Gasteiger partial charge in [-0.05, 0) is 37.5 Å². The molecule has 164 valence electrons. The Kier molecular flexibility index (Phi) is 10.5. The lowest BCUT2D eigenvalue weighted by Crippen LogP contribution is -2.48. The fourth-order valence-corrected chi connectivity index (χ4v) is 3.05. The maximum absolute atomic E-state index is 12.3. The molecular formula is C19H27F3IN3O3.